The number of rotatable bonds is 3. The fraction of sp³-hybridized carbons (Fsp3) is 0.375. The second-order valence-electron chi connectivity index (χ2n) is 5.71. The highest BCUT2D eigenvalue weighted by atomic mass is 32.1. The van der Waals surface area contributed by atoms with Gasteiger partial charge in [-0.1, -0.05) is 0 Å². The van der Waals surface area contributed by atoms with E-state index in [4.69, 9.17) is 4.74 Å². The molecule has 0 spiro atoms. The van der Waals surface area contributed by atoms with E-state index in [0.29, 0.717) is 18.1 Å². The van der Waals surface area contributed by atoms with Gasteiger partial charge in [-0.2, -0.15) is 0 Å². The molecular weight excluding hydrogens is 328 g/mol. The van der Waals surface area contributed by atoms with Crippen LogP contribution in [0.25, 0.3) is 0 Å². The van der Waals surface area contributed by atoms with Crippen molar-refractivity contribution in [1.82, 2.24) is 14.9 Å². The summed E-state index contributed by atoms with van der Waals surface area (Å²) in [5.74, 6) is 0.606. The Morgan fingerprint density at radius 1 is 1.38 bits per heavy atom. The largest absolute Gasteiger partial charge is 0.480 e. The summed E-state index contributed by atoms with van der Waals surface area (Å²) in [6, 6.07) is 3.51. The first kappa shape index (κ1) is 15.1. The molecule has 4 heterocycles. The smallest absolute Gasteiger partial charge is 0.266 e. The van der Waals surface area contributed by atoms with Crippen molar-refractivity contribution in [1.29, 1.82) is 0 Å². The van der Waals surface area contributed by atoms with Crippen molar-refractivity contribution < 1.29 is 14.3 Å². The van der Waals surface area contributed by atoms with Gasteiger partial charge < -0.3 is 9.64 Å². The Hall–Kier alpha value is -2.48. The maximum Gasteiger partial charge on any atom is 0.266 e. The molecule has 2 aliphatic rings. The molecule has 2 aromatic heterocycles. The molecule has 0 radical (unpaired) electrons. The van der Waals surface area contributed by atoms with E-state index in [1.54, 1.807) is 35.9 Å². The van der Waals surface area contributed by atoms with Gasteiger partial charge in [-0.3, -0.25) is 14.5 Å². The molecule has 1 saturated heterocycles. The van der Waals surface area contributed by atoms with Crippen molar-refractivity contribution in [3.63, 3.8) is 0 Å². The number of carbonyl (C=O) groups excluding carboxylic acids is 2. The van der Waals surface area contributed by atoms with Crippen LogP contribution in [0.1, 0.15) is 23.9 Å². The van der Waals surface area contributed by atoms with E-state index in [2.05, 4.69) is 9.97 Å². The third kappa shape index (κ3) is 2.62. The molecule has 124 valence electrons. The number of carbonyl (C=O) groups is 2. The number of pyridine rings is 1. The van der Waals surface area contributed by atoms with E-state index in [1.165, 1.54) is 4.90 Å². The lowest BCUT2D eigenvalue weighted by Gasteiger charge is -2.30. The highest BCUT2D eigenvalue weighted by Crippen LogP contribution is 2.34. The molecule has 0 unspecified atom stereocenters. The van der Waals surface area contributed by atoms with Crippen molar-refractivity contribution in [2.24, 2.45) is 0 Å². The number of amides is 2. The van der Waals surface area contributed by atoms with Gasteiger partial charge in [0.1, 0.15) is 11.6 Å². The van der Waals surface area contributed by atoms with Gasteiger partial charge in [0.25, 0.3) is 5.91 Å². The maximum absolute atomic E-state index is 12.8. The molecule has 1 atom stereocenters. The number of hydrogen-bond donors (Lipinski definition) is 0. The molecule has 2 aliphatic heterocycles. The van der Waals surface area contributed by atoms with Crippen LogP contribution in [0.15, 0.2) is 29.9 Å². The monoisotopic (exact) mass is 344 g/mol. The van der Waals surface area contributed by atoms with Gasteiger partial charge >= 0.3 is 0 Å². The summed E-state index contributed by atoms with van der Waals surface area (Å²) in [4.78, 5) is 36.8. The zero-order valence-electron chi connectivity index (χ0n) is 12.9. The van der Waals surface area contributed by atoms with Crippen molar-refractivity contribution in [2.75, 3.05) is 24.6 Å². The Balaban J connectivity index is 1.55. The van der Waals surface area contributed by atoms with Crippen molar-refractivity contribution >= 4 is 29.0 Å². The zero-order valence-corrected chi connectivity index (χ0v) is 13.7. The second kappa shape index (κ2) is 6.20. The SMILES string of the molecule is O=C1COc2cccnc2N1CC(=O)N1CCC[C@H]1c1nccs1. The number of ether oxygens (including phenoxy) is 1. The predicted octanol–water partition coefficient (Wildman–Crippen LogP) is 1.63. The molecule has 2 amide bonds. The second-order valence-corrected chi connectivity index (χ2v) is 6.64. The fourth-order valence-corrected chi connectivity index (χ4v) is 3.93. The molecule has 4 rings (SSSR count). The van der Waals surface area contributed by atoms with Crippen LogP contribution < -0.4 is 9.64 Å². The van der Waals surface area contributed by atoms with Crippen molar-refractivity contribution in [2.45, 2.75) is 18.9 Å². The molecule has 2 aromatic rings. The Morgan fingerprint density at radius 2 is 2.29 bits per heavy atom. The minimum Gasteiger partial charge on any atom is -0.480 e. The summed E-state index contributed by atoms with van der Waals surface area (Å²) in [6.45, 7) is 0.604. The normalized spacial score (nSPS) is 20.0. The average Bonchev–Trinajstić information content (AvgIpc) is 3.28. The van der Waals surface area contributed by atoms with E-state index in [1.807, 2.05) is 10.3 Å². The lowest BCUT2D eigenvalue weighted by molar-refractivity contribution is -0.132. The number of aromatic nitrogens is 2. The Labute approximate surface area is 142 Å². The maximum atomic E-state index is 12.8. The standard InChI is InChI=1S/C16H16N4O3S/c21-13(19-7-2-3-11(19)16-18-6-8-24-16)9-20-14(22)10-23-12-4-1-5-17-15(12)20/h1,4-6,8,11H,2-3,7,9-10H2/t11-/m0/s1. The number of fused-ring (bicyclic) bond motifs is 1. The summed E-state index contributed by atoms with van der Waals surface area (Å²) in [5, 5.41) is 2.87. The van der Waals surface area contributed by atoms with Crippen molar-refractivity contribution in [3.8, 4) is 5.75 Å². The lowest BCUT2D eigenvalue weighted by atomic mass is 10.2. The number of anilines is 1. The lowest BCUT2D eigenvalue weighted by Crippen LogP contribution is -2.46. The summed E-state index contributed by atoms with van der Waals surface area (Å²) in [7, 11) is 0. The van der Waals surface area contributed by atoms with Gasteiger partial charge in [0.15, 0.2) is 18.2 Å². The average molecular weight is 344 g/mol. The number of thiazole rings is 1. The predicted molar refractivity (Wildman–Crippen MR) is 87.9 cm³/mol. The molecule has 0 saturated carbocycles. The minimum atomic E-state index is -0.250. The molecule has 24 heavy (non-hydrogen) atoms. The van der Waals surface area contributed by atoms with Gasteiger partial charge in [0, 0.05) is 24.3 Å². The van der Waals surface area contributed by atoms with Crippen LogP contribution in [0.4, 0.5) is 5.82 Å². The van der Waals surface area contributed by atoms with Crippen LogP contribution in [0, 0.1) is 0 Å². The fourth-order valence-electron chi connectivity index (χ4n) is 3.14. The first-order chi connectivity index (χ1) is 11.7. The van der Waals surface area contributed by atoms with Crippen LogP contribution in [-0.4, -0.2) is 46.4 Å². The van der Waals surface area contributed by atoms with Gasteiger partial charge in [0.05, 0.1) is 6.04 Å². The van der Waals surface area contributed by atoms with Crippen LogP contribution in [0.5, 0.6) is 5.75 Å². The molecule has 7 nitrogen and oxygen atoms in total. The molecule has 0 aliphatic carbocycles. The van der Waals surface area contributed by atoms with Gasteiger partial charge in [-0.05, 0) is 25.0 Å². The van der Waals surface area contributed by atoms with E-state index >= 15 is 0 Å². The van der Waals surface area contributed by atoms with Crippen LogP contribution in [-0.2, 0) is 9.59 Å². The van der Waals surface area contributed by atoms with Gasteiger partial charge in [0.2, 0.25) is 5.91 Å². The summed E-state index contributed by atoms with van der Waals surface area (Å²) in [5.41, 5.74) is 0. The third-order valence-corrected chi connectivity index (χ3v) is 5.14. The van der Waals surface area contributed by atoms with Gasteiger partial charge in [-0.25, -0.2) is 9.97 Å². The minimum absolute atomic E-state index is 0.0110. The topological polar surface area (TPSA) is 75.6 Å². The van der Waals surface area contributed by atoms with Crippen LogP contribution >= 0.6 is 11.3 Å². The third-order valence-electron chi connectivity index (χ3n) is 4.26. The highest BCUT2D eigenvalue weighted by molar-refractivity contribution is 7.09. The molecular formula is C16H16N4O3S. The highest BCUT2D eigenvalue weighted by Gasteiger charge is 2.35. The van der Waals surface area contributed by atoms with Crippen LogP contribution in [0.3, 0.4) is 0 Å². The Morgan fingerprint density at radius 3 is 3.12 bits per heavy atom. The summed E-state index contributed by atoms with van der Waals surface area (Å²) < 4.78 is 5.37. The number of nitrogens with zero attached hydrogens (tertiary/aromatic N) is 4. The van der Waals surface area contributed by atoms with E-state index < -0.39 is 0 Å². The first-order valence-electron chi connectivity index (χ1n) is 7.81. The molecule has 8 heteroatoms. The van der Waals surface area contributed by atoms with Gasteiger partial charge in [-0.15, -0.1) is 11.3 Å². The molecule has 0 aromatic carbocycles. The van der Waals surface area contributed by atoms with E-state index in [-0.39, 0.29) is 31.0 Å². The van der Waals surface area contributed by atoms with E-state index in [0.717, 1.165) is 17.8 Å². The summed E-state index contributed by atoms with van der Waals surface area (Å²) in [6.07, 6.45) is 5.20. The number of hydrogen-bond acceptors (Lipinski definition) is 6. The first-order valence-corrected chi connectivity index (χ1v) is 8.69. The Kier molecular flexibility index (Phi) is 3.89. The molecule has 0 bridgehead atoms. The van der Waals surface area contributed by atoms with E-state index in [9.17, 15) is 9.59 Å². The molecule has 1 fully saturated rings. The van der Waals surface area contributed by atoms with Crippen molar-refractivity contribution in [3.05, 3.63) is 34.9 Å². The van der Waals surface area contributed by atoms with Crippen LogP contribution in [0.2, 0.25) is 0 Å². The quantitative estimate of drug-likeness (QED) is 0.846. The Bertz CT molecular complexity index is 764. The number of likely N-dealkylation sites (tertiary alicyclic amines) is 1. The zero-order chi connectivity index (χ0) is 16.5. The summed E-state index contributed by atoms with van der Waals surface area (Å²) >= 11 is 1.56. The molecule has 0 N–H and O–H groups in total.